The van der Waals surface area contributed by atoms with Crippen LogP contribution in [0.25, 0.3) is 11.0 Å². The van der Waals surface area contributed by atoms with Gasteiger partial charge in [-0.2, -0.15) is 4.99 Å². The van der Waals surface area contributed by atoms with Crippen molar-refractivity contribution in [3.05, 3.63) is 40.4 Å². The summed E-state index contributed by atoms with van der Waals surface area (Å²) in [6.45, 7) is 10.7. The molecular formula is C19H22BrClN6O2. The van der Waals surface area contributed by atoms with Crippen molar-refractivity contribution < 1.29 is 9.53 Å². The Morgan fingerprint density at radius 1 is 1.31 bits per heavy atom. The van der Waals surface area contributed by atoms with E-state index >= 15 is 0 Å². The molecule has 2 N–H and O–H groups in total. The van der Waals surface area contributed by atoms with Crippen LogP contribution in [0, 0.1) is 0 Å². The number of fused-ring (bicyclic) bond motifs is 1. The number of benzene rings is 1. The van der Waals surface area contributed by atoms with Crippen LogP contribution in [0.2, 0.25) is 0 Å². The van der Waals surface area contributed by atoms with Crippen LogP contribution in [0.3, 0.4) is 0 Å². The quantitative estimate of drug-likeness (QED) is 0.358. The number of nitrogens with one attached hydrogen (secondary N) is 2. The number of amides is 1. The number of halogens is 2. The zero-order valence-corrected chi connectivity index (χ0v) is 18.9. The maximum Gasteiger partial charge on any atom is 0.407 e. The molecule has 0 bridgehead atoms. The Balaban J connectivity index is 2.42. The van der Waals surface area contributed by atoms with Gasteiger partial charge in [-0.25, -0.2) is 9.79 Å². The Kier molecular flexibility index (Phi) is 7.69. The van der Waals surface area contributed by atoms with E-state index in [1.807, 2.05) is 12.1 Å². The fraction of sp³-hybridized carbons (Fsp3) is 0.316. The van der Waals surface area contributed by atoms with E-state index < -0.39 is 11.7 Å². The van der Waals surface area contributed by atoms with E-state index in [1.165, 1.54) is 0 Å². The van der Waals surface area contributed by atoms with Gasteiger partial charge in [0.1, 0.15) is 11.4 Å². The third-order valence-electron chi connectivity index (χ3n) is 3.47. The number of rotatable bonds is 5. The molecule has 2 aromatic rings. The lowest BCUT2D eigenvalue weighted by Gasteiger charge is -2.20. The van der Waals surface area contributed by atoms with Crippen molar-refractivity contribution in [1.82, 2.24) is 15.3 Å². The molecule has 1 amide bonds. The first-order valence-corrected chi connectivity index (χ1v) is 9.81. The average molecular weight is 482 g/mol. The van der Waals surface area contributed by atoms with Crippen molar-refractivity contribution in [3.8, 4) is 0 Å². The molecular weight excluding hydrogens is 460 g/mol. The maximum atomic E-state index is 12.1. The van der Waals surface area contributed by atoms with E-state index in [4.69, 9.17) is 16.3 Å². The van der Waals surface area contributed by atoms with Crippen molar-refractivity contribution in [2.45, 2.75) is 39.8 Å². The van der Waals surface area contributed by atoms with Crippen molar-refractivity contribution in [3.63, 3.8) is 0 Å². The van der Waals surface area contributed by atoms with Crippen molar-refractivity contribution >= 4 is 62.4 Å². The molecule has 29 heavy (non-hydrogen) atoms. The van der Waals surface area contributed by atoms with Gasteiger partial charge in [-0.3, -0.25) is 9.97 Å². The molecule has 1 aromatic heterocycles. The fourth-order valence-electron chi connectivity index (χ4n) is 2.31. The van der Waals surface area contributed by atoms with Gasteiger partial charge in [0.05, 0.1) is 17.6 Å². The van der Waals surface area contributed by atoms with Crippen LogP contribution in [0.15, 0.2) is 44.8 Å². The van der Waals surface area contributed by atoms with Crippen molar-refractivity contribution in [2.75, 3.05) is 5.32 Å². The molecule has 0 spiro atoms. The van der Waals surface area contributed by atoms with E-state index in [9.17, 15) is 4.79 Å². The van der Waals surface area contributed by atoms with Gasteiger partial charge in [0.15, 0.2) is 0 Å². The molecule has 2 rings (SSSR count). The Morgan fingerprint density at radius 2 is 2.00 bits per heavy atom. The largest absolute Gasteiger partial charge is 0.444 e. The summed E-state index contributed by atoms with van der Waals surface area (Å²) < 4.78 is 6.01. The number of amidine groups is 1. The number of allylic oxidation sites excluding steroid dienone is 1. The monoisotopic (exact) mass is 480 g/mol. The third kappa shape index (κ3) is 6.79. The Bertz CT molecular complexity index is 980. The van der Waals surface area contributed by atoms with Gasteiger partial charge < -0.3 is 15.4 Å². The molecule has 10 heteroatoms. The molecule has 1 aromatic carbocycles. The lowest BCUT2D eigenvalue weighted by molar-refractivity contribution is 0.0524. The second kappa shape index (κ2) is 9.80. The van der Waals surface area contributed by atoms with Crippen LogP contribution in [-0.4, -0.2) is 33.7 Å². The number of nitrogens with zero attached hydrogens (tertiary/aromatic N) is 4. The number of anilines is 1. The van der Waals surface area contributed by atoms with Gasteiger partial charge in [-0.1, -0.05) is 15.9 Å². The number of hydrogen-bond donors (Lipinski definition) is 2. The van der Waals surface area contributed by atoms with Crippen LogP contribution < -0.4 is 10.6 Å². The first-order chi connectivity index (χ1) is 13.6. The Labute approximate surface area is 182 Å². The van der Waals surface area contributed by atoms with Crippen LogP contribution >= 0.6 is 27.5 Å². The van der Waals surface area contributed by atoms with Gasteiger partial charge in [0, 0.05) is 28.1 Å². The molecule has 0 aliphatic carbocycles. The predicted octanol–water partition coefficient (Wildman–Crippen LogP) is 4.95. The van der Waals surface area contributed by atoms with Gasteiger partial charge in [0.2, 0.25) is 5.29 Å². The summed E-state index contributed by atoms with van der Waals surface area (Å²) >= 11 is 9.30. The molecule has 0 saturated heterocycles. The van der Waals surface area contributed by atoms with Gasteiger partial charge in [-0.05, 0) is 58.1 Å². The third-order valence-corrected chi connectivity index (χ3v) is 4.05. The predicted molar refractivity (Wildman–Crippen MR) is 121 cm³/mol. The van der Waals surface area contributed by atoms with Gasteiger partial charge >= 0.3 is 6.09 Å². The smallest absolute Gasteiger partial charge is 0.407 e. The minimum atomic E-state index is -0.601. The van der Waals surface area contributed by atoms with E-state index in [2.05, 4.69) is 53.2 Å². The zero-order chi connectivity index (χ0) is 21.6. The van der Waals surface area contributed by atoms with Crippen LogP contribution in [0.5, 0.6) is 0 Å². The summed E-state index contributed by atoms with van der Waals surface area (Å²) in [6.07, 6.45) is 2.66. The summed E-state index contributed by atoms with van der Waals surface area (Å²) in [5.74, 6) is 0.434. The summed E-state index contributed by atoms with van der Waals surface area (Å²) in [5, 5.41) is 5.93. The number of aromatic nitrogens is 2. The lowest BCUT2D eigenvalue weighted by atomic mass is 10.1. The van der Waals surface area contributed by atoms with Crippen molar-refractivity contribution in [1.29, 1.82) is 0 Å². The van der Waals surface area contributed by atoms with Crippen LogP contribution in [0.1, 0.15) is 33.3 Å². The fourth-order valence-corrected chi connectivity index (χ4v) is 2.58. The number of aliphatic imine (C=N–C) groups is 2. The molecule has 0 saturated carbocycles. The highest BCUT2D eigenvalue weighted by Gasteiger charge is 2.18. The van der Waals surface area contributed by atoms with Crippen LogP contribution in [-0.2, 0) is 11.3 Å². The normalized spacial score (nSPS) is 13.0. The summed E-state index contributed by atoms with van der Waals surface area (Å²) in [7, 11) is 0. The van der Waals surface area contributed by atoms with E-state index in [0.717, 1.165) is 0 Å². The van der Waals surface area contributed by atoms with Gasteiger partial charge in [-0.15, -0.1) is 0 Å². The maximum absolute atomic E-state index is 12.1. The second-order valence-corrected chi connectivity index (χ2v) is 8.44. The summed E-state index contributed by atoms with van der Waals surface area (Å²) in [6, 6.07) is 3.64. The number of ether oxygens (including phenoxy) is 1. The highest BCUT2D eigenvalue weighted by atomic mass is 79.9. The van der Waals surface area contributed by atoms with Gasteiger partial charge in [0.25, 0.3) is 0 Å². The number of hydrogen-bond acceptors (Lipinski definition) is 6. The molecule has 1 heterocycles. The SMILES string of the molecule is C=NC(Cl)=N/C(Nc1ccc2nccnc2c1CNC(=O)OC(C)(C)C)=C(\C)Br. The Hall–Kier alpha value is -2.52. The average Bonchev–Trinajstić information content (AvgIpc) is 2.64. The number of carbonyl (C=O) groups excluding carboxylic acids is 1. The van der Waals surface area contributed by atoms with E-state index in [-0.39, 0.29) is 11.8 Å². The van der Waals surface area contributed by atoms with E-state index in [0.29, 0.717) is 32.6 Å². The molecule has 0 fully saturated rings. The second-order valence-electron chi connectivity index (χ2n) is 6.92. The molecule has 0 unspecified atom stereocenters. The summed E-state index contributed by atoms with van der Waals surface area (Å²) in [4.78, 5) is 28.6. The number of alkyl carbamates (subject to hydrolysis) is 1. The topological polar surface area (TPSA) is 101 Å². The zero-order valence-electron chi connectivity index (χ0n) is 16.6. The molecule has 8 nitrogen and oxygen atoms in total. The first-order valence-electron chi connectivity index (χ1n) is 8.64. The minimum Gasteiger partial charge on any atom is -0.444 e. The lowest BCUT2D eigenvalue weighted by Crippen LogP contribution is -2.32. The molecule has 154 valence electrons. The molecule has 0 aliphatic rings. The Morgan fingerprint density at radius 3 is 2.62 bits per heavy atom. The minimum absolute atomic E-state index is 0.0136. The molecule has 0 aliphatic heterocycles. The molecule has 0 atom stereocenters. The standard InChI is InChI=1S/C19H22BrClN6O2/c1-11(20)16(27-17(21)22-5)26-13-6-7-14-15(24-9-8-23-14)12(13)10-25-18(28)29-19(2,3)4/h6-9,26H,5,10H2,1-4H3,(H,25,28)/b16-11+,27-17?. The number of carbonyl (C=O) groups is 1. The molecule has 0 radical (unpaired) electrons. The van der Waals surface area contributed by atoms with Crippen molar-refractivity contribution in [2.24, 2.45) is 9.98 Å². The highest BCUT2D eigenvalue weighted by molar-refractivity contribution is 9.11. The first kappa shape index (κ1) is 22.8. The highest BCUT2D eigenvalue weighted by Crippen LogP contribution is 2.27. The summed E-state index contributed by atoms with van der Waals surface area (Å²) in [5.41, 5.74) is 2.10. The van der Waals surface area contributed by atoms with E-state index in [1.54, 1.807) is 40.1 Å². The van der Waals surface area contributed by atoms with Crippen LogP contribution in [0.4, 0.5) is 10.5 Å².